The van der Waals surface area contributed by atoms with Gasteiger partial charge in [-0.2, -0.15) is 0 Å². The summed E-state index contributed by atoms with van der Waals surface area (Å²) in [5, 5.41) is 3.70. The Hall–Kier alpha value is -2.60. The SMILES string of the molecule is Cc1nc(-c2cccnc2)sc1CC(=O)NCCc1ccccc1F. The van der Waals surface area contributed by atoms with Crippen LogP contribution in [0.5, 0.6) is 0 Å². The molecule has 0 saturated carbocycles. The largest absolute Gasteiger partial charge is 0.355 e. The van der Waals surface area contributed by atoms with E-state index < -0.39 is 0 Å². The minimum atomic E-state index is -0.240. The van der Waals surface area contributed by atoms with Crippen LogP contribution in [0.3, 0.4) is 0 Å². The molecule has 3 rings (SSSR count). The molecule has 3 aromatic rings. The van der Waals surface area contributed by atoms with E-state index in [0.717, 1.165) is 21.1 Å². The third-order valence-corrected chi connectivity index (χ3v) is 5.00. The number of hydrogen-bond donors (Lipinski definition) is 1. The molecule has 4 nitrogen and oxygen atoms in total. The second-order valence-corrected chi connectivity index (χ2v) is 6.72. The molecule has 0 aliphatic rings. The van der Waals surface area contributed by atoms with Crippen LogP contribution in [0.25, 0.3) is 10.6 Å². The summed E-state index contributed by atoms with van der Waals surface area (Å²) in [5.74, 6) is -0.322. The Balaban J connectivity index is 1.56. The van der Waals surface area contributed by atoms with Crippen molar-refractivity contribution in [2.24, 2.45) is 0 Å². The average molecular weight is 355 g/mol. The van der Waals surface area contributed by atoms with Crippen LogP contribution in [0.15, 0.2) is 48.8 Å². The van der Waals surface area contributed by atoms with Crippen LogP contribution in [0.1, 0.15) is 16.1 Å². The van der Waals surface area contributed by atoms with Crippen molar-refractivity contribution >= 4 is 17.2 Å². The Kier molecular flexibility index (Phi) is 5.50. The molecule has 0 atom stereocenters. The first-order valence-corrected chi connectivity index (χ1v) is 8.82. The molecule has 2 aromatic heterocycles. The molecule has 0 bridgehead atoms. The van der Waals surface area contributed by atoms with Gasteiger partial charge in [0.15, 0.2) is 0 Å². The molecule has 2 heterocycles. The first kappa shape index (κ1) is 17.2. The van der Waals surface area contributed by atoms with E-state index in [0.29, 0.717) is 18.5 Å². The van der Waals surface area contributed by atoms with Crippen LogP contribution >= 0.6 is 11.3 Å². The molecule has 0 unspecified atom stereocenters. The number of aryl methyl sites for hydroxylation is 1. The fourth-order valence-electron chi connectivity index (χ4n) is 2.45. The van der Waals surface area contributed by atoms with Gasteiger partial charge in [0.1, 0.15) is 10.8 Å². The van der Waals surface area contributed by atoms with Gasteiger partial charge < -0.3 is 5.32 Å². The Bertz CT molecular complexity index is 864. The highest BCUT2D eigenvalue weighted by Gasteiger charge is 2.13. The third kappa shape index (κ3) is 4.48. The van der Waals surface area contributed by atoms with E-state index >= 15 is 0 Å². The minimum absolute atomic E-state index is 0.0826. The lowest BCUT2D eigenvalue weighted by Gasteiger charge is -2.05. The highest BCUT2D eigenvalue weighted by molar-refractivity contribution is 7.15. The number of nitrogens with one attached hydrogen (secondary N) is 1. The van der Waals surface area contributed by atoms with Crippen molar-refractivity contribution in [2.45, 2.75) is 19.8 Å². The summed E-state index contributed by atoms with van der Waals surface area (Å²) < 4.78 is 13.6. The molecule has 6 heteroatoms. The number of halogens is 1. The van der Waals surface area contributed by atoms with Gasteiger partial charge in [-0.15, -0.1) is 11.3 Å². The Morgan fingerprint density at radius 3 is 2.84 bits per heavy atom. The fourth-order valence-corrected chi connectivity index (χ4v) is 3.50. The van der Waals surface area contributed by atoms with Gasteiger partial charge in [-0.1, -0.05) is 18.2 Å². The predicted octanol–water partition coefficient (Wildman–Crippen LogP) is 3.55. The van der Waals surface area contributed by atoms with Crippen molar-refractivity contribution in [3.05, 3.63) is 70.7 Å². The monoisotopic (exact) mass is 355 g/mol. The van der Waals surface area contributed by atoms with E-state index in [1.54, 1.807) is 30.6 Å². The van der Waals surface area contributed by atoms with Crippen LogP contribution in [0.4, 0.5) is 4.39 Å². The summed E-state index contributed by atoms with van der Waals surface area (Å²) in [6, 6.07) is 10.4. The van der Waals surface area contributed by atoms with Crippen LogP contribution in [0.2, 0.25) is 0 Å². The van der Waals surface area contributed by atoms with Gasteiger partial charge in [0.05, 0.1) is 12.1 Å². The van der Waals surface area contributed by atoms with Crippen LogP contribution in [-0.4, -0.2) is 22.4 Å². The van der Waals surface area contributed by atoms with Crippen LogP contribution < -0.4 is 5.32 Å². The van der Waals surface area contributed by atoms with E-state index in [2.05, 4.69) is 15.3 Å². The number of pyridine rings is 1. The molecule has 0 aliphatic carbocycles. The van der Waals surface area contributed by atoms with Gasteiger partial charge in [0, 0.05) is 29.4 Å². The van der Waals surface area contributed by atoms with E-state index in [9.17, 15) is 9.18 Å². The second-order valence-electron chi connectivity index (χ2n) is 5.64. The number of rotatable bonds is 6. The molecular weight excluding hydrogens is 337 g/mol. The number of carbonyl (C=O) groups is 1. The summed E-state index contributed by atoms with van der Waals surface area (Å²) in [4.78, 5) is 21.7. The molecule has 1 N–H and O–H groups in total. The highest BCUT2D eigenvalue weighted by Crippen LogP contribution is 2.27. The summed E-state index contributed by atoms with van der Waals surface area (Å²) >= 11 is 1.50. The standard InChI is InChI=1S/C19H18FN3OS/c1-13-17(25-19(23-13)15-6-4-9-21-12-15)11-18(24)22-10-8-14-5-2-3-7-16(14)20/h2-7,9,12H,8,10-11H2,1H3,(H,22,24). The molecule has 0 saturated heterocycles. The minimum Gasteiger partial charge on any atom is -0.355 e. The summed E-state index contributed by atoms with van der Waals surface area (Å²) in [6.45, 7) is 2.31. The molecule has 1 aromatic carbocycles. The lowest BCUT2D eigenvalue weighted by Crippen LogP contribution is -2.27. The Morgan fingerprint density at radius 2 is 2.08 bits per heavy atom. The number of thiazole rings is 1. The Morgan fingerprint density at radius 1 is 1.24 bits per heavy atom. The number of hydrogen-bond acceptors (Lipinski definition) is 4. The molecule has 25 heavy (non-hydrogen) atoms. The van der Waals surface area contributed by atoms with Crippen LogP contribution in [0, 0.1) is 12.7 Å². The van der Waals surface area contributed by atoms with Gasteiger partial charge in [0.25, 0.3) is 0 Å². The zero-order valence-corrected chi connectivity index (χ0v) is 14.6. The molecule has 0 aliphatic heterocycles. The van der Waals surface area contributed by atoms with Gasteiger partial charge in [0.2, 0.25) is 5.91 Å². The maximum atomic E-state index is 13.6. The lowest BCUT2D eigenvalue weighted by molar-refractivity contribution is -0.120. The number of amides is 1. The van der Waals surface area contributed by atoms with Crippen LogP contribution in [-0.2, 0) is 17.6 Å². The summed E-state index contributed by atoms with van der Waals surface area (Å²) in [6.07, 6.45) is 4.23. The van der Waals surface area contributed by atoms with Crippen molar-refractivity contribution in [2.75, 3.05) is 6.54 Å². The fraction of sp³-hybridized carbons (Fsp3) is 0.211. The second kappa shape index (κ2) is 7.98. The van der Waals surface area contributed by atoms with E-state index in [1.165, 1.54) is 17.4 Å². The van der Waals surface area contributed by atoms with Gasteiger partial charge in [-0.25, -0.2) is 9.37 Å². The number of benzene rings is 1. The van der Waals surface area contributed by atoms with Crippen molar-refractivity contribution < 1.29 is 9.18 Å². The maximum Gasteiger partial charge on any atom is 0.225 e. The average Bonchev–Trinajstić information content (AvgIpc) is 2.98. The number of nitrogens with zero attached hydrogens (tertiary/aromatic N) is 2. The summed E-state index contributed by atoms with van der Waals surface area (Å²) in [5.41, 5.74) is 2.41. The summed E-state index contributed by atoms with van der Waals surface area (Å²) in [7, 11) is 0. The smallest absolute Gasteiger partial charge is 0.225 e. The number of carbonyl (C=O) groups excluding carboxylic acids is 1. The van der Waals surface area contributed by atoms with E-state index in [1.807, 2.05) is 19.1 Å². The molecule has 0 fully saturated rings. The Labute approximate surface area is 149 Å². The zero-order chi connectivity index (χ0) is 17.6. The zero-order valence-electron chi connectivity index (χ0n) is 13.8. The lowest BCUT2D eigenvalue weighted by atomic mass is 10.1. The van der Waals surface area contributed by atoms with E-state index in [4.69, 9.17) is 0 Å². The molecule has 0 spiro atoms. The van der Waals surface area contributed by atoms with E-state index in [-0.39, 0.29) is 18.1 Å². The highest BCUT2D eigenvalue weighted by atomic mass is 32.1. The van der Waals surface area contributed by atoms with Crippen molar-refractivity contribution in [3.8, 4) is 10.6 Å². The van der Waals surface area contributed by atoms with Gasteiger partial charge >= 0.3 is 0 Å². The van der Waals surface area contributed by atoms with Crippen molar-refractivity contribution in [1.82, 2.24) is 15.3 Å². The predicted molar refractivity (Wildman–Crippen MR) is 96.9 cm³/mol. The molecule has 128 valence electrons. The van der Waals surface area contributed by atoms with Gasteiger partial charge in [-0.05, 0) is 37.1 Å². The molecular formula is C19H18FN3OS. The number of aromatic nitrogens is 2. The third-order valence-electron chi connectivity index (χ3n) is 3.80. The maximum absolute atomic E-state index is 13.6. The molecule has 1 amide bonds. The van der Waals surface area contributed by atoms with Gasteiger partial charge in [-0.3, -0.25) is 9.78 Å². The van der Waals surface area contributed by atoms with Crippen molar-refractivity contribution in [1.29, 1.82) is 0 Å². The first-order valence-electron chi connectivity index (χ1n) is 8.00. The quantitative estimate of drug-likeness (QED) is 0.736. The van der Waals surface area contributed by atoms with Crippen molar-refractivity contribution in [3.63, 3.8) is 0 Å². The first-order chi connectivity index (χ1) is 12.1. The normalized spacial score (nSPS) is 10.6. The topological polar surface area (TPSA) is 54.9 Å². The molecule has 0 radical (unpaired) electrons.